The van der Waals surface area contributed by atoms with E-state index in [-0.39, 0.29) is 29.6 Å². The SMILES string of the molecule is Cc1nn(C)c(Oc2ccc(Cl)cc2)c1/C=N/O.[NaH]. The number of hydrogen-bond acceptors (Lipinski definition) is 4. The summed E-state index contributed by atoms with van der Waals surface area (Å²) < 4.78 is 7.29. The summed E-state index contributed by atoms with van der Waals surface area (Å²) in [7, 11) is 1.76. The summed E-state index contributed by atoms with van der Waals surface area (Å²) in [6, 6.07) is 6.98. The van der Waals surface area contributed by atoms with Crippen LogP contribution >= 0.6 is 11.6 Å². The van der Waals surface area contributed by atoms with Crippen LogP contribution in [0.2, 0.25) is 5.02 Å². The van der Waals surface area contributed by atoms with Crippen LogP contribution in [0.1, 0.15) is 11.3 Å². The maximum absolute atomic E-state index is 8.64. The Morgan fingerprint density at radius 3 is 2.58 bits per heavy atom. The summed E-state index contributed by atoms with van der Waals surface area (Å²) >= 11 is 5.80. The molecule has 7 heteroatoms. The number of halogens is 1. The molecule has 19 heavy (non-hydrogen) atoms. The third-order valence-electron chi connectivity index (χ3n) is 2.43. The number of nitrogens with zero attached hydrogens (tertiary/aromatic N) is 3. The van der Waals surface area contributed by atoms with E-state index in [4.69, 9.17) is 21.5 Å². The number of benzene rings is 1. The molecule has 0 saturated heterocycles. The summed E-state index contributed by atoms with van der Waals surface area (Å²) in [6.45, 7) is 1.81. The van der Waals surface area contributed by atoms with Gasteiger partial charge >= 0.3 is 29.6 Å². The first-order valence-electron chi connectivity index (χ1n) is 5.26. The van der Waals surface area contributed by atoms with Crippen molar-refractivity contribution in [2.24, 2.45) is 12.2 Å². The first kappa shape index (κ1) is 16.0. The van der Waals surface area contributed by atoms with E-state index in [1.54, 1.807) is 36.0 Å². The molecular weight excluding hydrogens is 277 g/mol. The normalized spacial score (nSPS) is 10.5. The van der Waals surface area contributed by atoms with Crippen LogP contribution in [0.15, 0.2) is 29.4 Å². The Hall–Kier alpha value is -1.01. The summed E-state index contributed by atoms with van der Waals surface area (Å²) in [5.41, 5.74) is 1.36. The molecule has 0 aliphatic carbocycles. The molecule has 0 spiro atoms. The van der Waals surface area contributed by atoms with Crippen molar-refractivity contribution in [3.63, 3.8) is 0 Å². The molecule has 0 bridgehead atoms. The van der Waals surface area contributed by atoms with E-state index in [2.05, 4.69) is 10.3 Å². The van der Waals surface area contributed by atoms with E-state index in [1.165, 1.54) is 6.21 Å². The molecule has 0 radical (unpaired) electrons. The van der Waals surface area contributed by atoms with Crippen molar-refractivity contribution in [2.45, 2.75) is 6.92 Å². The number of aryl methyl sites for hydroxylation is 2. The number of ether oxygens (including phenoxy) is 1. The van der Waals surface area contributed by atoms with Crippen molar-refractivity contribution in [3.8, 4) is 11.6 Å². The van der Waals surface area contributed by atoms with Gasteiger partial charge in [-0.25, -0.2) is 4.68 Å². The fourth-order valence-corrected chi connectivity index (χ4v) is 1.72. The zero-order chi connectivity index (χ0) is 13.1. The van der Waals surface area contributed by atoms with Gasteiger partial charge in [-0.05, 0) is 31.2 Å². The van der Waals surface area contributed by atoms with E-state index < -0.39 is 0 Å². The first-order valence-corrected chi connectivity index (χ1v) is 5.64. The van der Waals surface area contributed by atoms with Crippen LogP contribution < -0.4 is 4.74 Å². The van der Waals surface area contributed by atoms with Crippen LogP contribution in [0.25, 0.3) is 0 Å². The van der Waals surface area contributed by atoms with Gasteiger partial charge in [-0.1, -0.05) is 16.8 Å². The van der Waals surface area contributed by atoms with E-state index >= 15 is 0 Å². The predicted molar refractivity (Wildman–Crippen MR) is 76.0 cm³/mol. The summed E-state index contributed by atoms with van der Waals surface area (Å²) in [6.07, 6.45) is 1.30. The third-order valence-corrected chi connectivity index (χ3v) is 2.68. The van der Waals surface area contributed by atoms with Gasteiger partial charge in [-0.3, -0.25) is 0 Å². The molecule has 96 valence electrons. The van der Waals surface area contributed by atoms with E-state index in [0.717, 1.165) is 5.69 Å². The second-order valence-electron chi connectivity index (χ2n) is 3.73. The number of hydrogen-bond donors (Lipinski definition) is 1. The molecule has 0 fully saturated rings. The molecule has 1 heterocycles. The van der Waals surface area contributed by atoms with Gasteiger partial charge in [0, 0.05) is 12.1 Å². The molecule has 0 aliphatic rings. The average Bonchev–Trinajstić information content (AvgIpc) is 2.59. The monoisotopic (exact) mass is 289 g/mol. The minimum atomic E-state index is 0. The van der Waals surface area contributed by atoms with Crippen LogP contribution in [0.5, 0.6) is 11.6 Å². The Kier molecular flexibility index (Phi) is 5.87. The van der Waals surface area contributed by atoms with Crippen molar-refractivity contribution in [1.82, 2.24) is 9.78 Å². The molecule has 0 atom stereocenters. The topological polar surface area (TPSA) is 59.6 Å². The Bertz CT molecular complexity index is 581. The zero-order valence-electron chi connectivity index (χ0n) is 9.96. The second kappa shape index (κ2) is 6.96. The third kappa shape index (κ3) is 3.73. The Morgan fingerprint density at radius 1 is 1.37 bits per heavy atom. The van der Waals surface area contributed by atoms with Gasteiger partial charge in [-0.15, -0.1) is 0 Å². The summed E-state index contributed by atoms with van der Waals surface area (Å²) in [5.74, 6) is 1.14. The predicted octanol–water partition coefficient (Wildman–Crippen LogP) is 2.33. The van der Waals surface area contributed by atoms with Gasteiger partial charge in [0.05, 0.1) is 17.5 Å². The Morgan fingerprint density at radius 2 is 2.00 bits per heavy atom. The molecule has 1 N–H and O–H groups in total. The second-order valence-corrected chi connectivity index (χ2v) is 4.16. The van der Waals surface area contributed by atoms with Gasteiger partial charge in [0.1, 0.15) is 5.75 Å². The van der Waals surface area contributed by atoms with Crippen LogP contribution in [-0.2, 0) is 7.05 Å². The number of oxime groups is 1. The van der Waals surface area contributed by atoms with E-state index in [9.17, 15) is 0 Å². The van der Waals surface area contributed by atoms with E-state index in [0.29, 0.717) is 22.2 Å². The Balaban J connectivity index is 0.00000180. The molecule has 0 amide bonds. The van der Waals surface area contributed by atoms with Gasteiger partial charge in [0.25, 0.3) is 0 Å². The first-order chi connectivity index (χ1) is 8.61. The maximum atomic E-state index is 8.64. The van der Waals surface area contributed by atoms with Crippen LogP contribution in [0, 0.1) is 6.92 Å². The molecule has 5 nitrogen and oxygen atoms in total. The molecule has 1 aromatic carbocycles. The van der Waals surface area contributed by atoms with Crippen molar-refractivity contribution < 1.29 is 9.94 Å². The molecule has 1 aromatic heterocycles. The molecule has 0 unspecified atom stereocenters. The van der Waals surface area contributed by atoms with Crippen LogP contribution in [-0.4, -0.2) is 50.8 Å². The van der Waals surface area contributed by atoms with Crippen molar-refractivity contribution in [1.29, 1.82) is 0 Å². The van der Waals surface area contributed by atoms with E-state index in [1.807, 2.05) is 6.92 Å². The van der Waals surface area contributed by atoms with Crippen molar-refractivity contribution in [3.05, 3.63) is 40.5 Å². The van der Waals surface area contributed by atoms with Crippen LogP contribution in [0.4, 0.5) is 0 Å². The molecule has 2 rings (SSSR count). The van der Waals surface area contributed by atoms with Crippen LogP contribution in [0.3, 0.4) is 0 Å². The number of rotatable bonds is 3. The van der Waals surface area contributed by atoms with Gasteiger partial charge in [0.2, 0.25) is 5.88 Å². The quantitative estimate of drug-likeness (QED) is 0.408. The van der Waals surface area contributed by atoms with Gasteiger partial charge in [0.15, 0.2) is 0 Å². The number of aromatic nitrogens is 2. The summed E-state index contributed by atoms with van der Waals surface area (Å²) in [5, 5.41) is 16.5. The molecule has 0 aliphatic heterocycles. The Labute approximate surface area is 138 Å². The molecule has 2 aromatic rings. The van der Waals surface area contributed by atoms with Gasteiger partial charge < -0.3 is 9.94 Å². The average molecular weight is 290 g/mol. The standard InChI is InChI=1S/C12H12ClN3O2.Na.H/c1-8-11(7-14-17)12(16(2)15-8)18-10-5-3-9(13)4-6-10;;/h3-7,17H,1-2H3;;/b14-7+;;. The molecule has 0 saturated carbocycles. The van der Waals surface area contributed by atoms with Crippen molar-refractivity contribution in [2.75, 3.05) is 0 Å². The minimum absolute atomic E-state index is 0. The summed E-state index contributed by atoms with van der Waals surface area (Å²) in [4.78, 5) is 0. The van der Waals surface area contributed by atoms with Crippen molar-refractivity contribution >= 4 is 47.4 Å². The zero-order valence-corrected chi connectivity index (χ0v) is 10.7. The fraction of sp³-hybridized carbons (Fsp3) is 0.167. The molecular formula is C12H13ClN3NaO2. The van der Waals surface area contributed by atoms with Gasteiger partial charge in [-0.2, -0.15) is 5.10 Å². The fourth-order valence-electron chi connectivity index (χ4n) is 1.60.